The van der Waals surface area contributed by atoms with Gasteiger partial charge in [0.2, 0.25) is 5.91 Å². The summed E-state index contributed by atoms with van der Waals surface area (Å²) in [6.45, 7) is 1.75. The molecule has 0 heterocycles. The van der Waals surface area contributed by atoms with Crippen molar-refractivity contribution in [3.8, 4) is 0 Å². The summed E-state index contributed by atoms with van der Waals surface area (Å²) in [5.74, 6) is -0.761. The van der Waals surface area contributed by atoms with Gasteiger partial charge in [0.15, 0.2) is 9.84 Å². The van der Waals surface area contributed by atoms with Crippen molar-refractivity contribution >= 4 is 38.7 Å². The Morgan fingerprint density at radius 3 is 2.38 bits per heavy atom. The van der Waals surface area contributed by atoms with Crippen LogP contribution in [0.4, 0.5) is 17.1 Å². The number of anilines is 2. The predicted molar refractivity (Wildman–Crippen MR) is 107 cm³/mol. The summed E-state index contributed by atoms with van der Waals surface area (Å²) in [6.07, 6.45) is 2.62. The quantitative estimate of drug-likeness (QED) is 0.548. The Balaban J connectivity index is 1.88. The molecule has 10 heteroatoms. The number of nitrogens with zero attached hydrogens (tertiary/aromatic N) is 1. The number of amides is 2. The summed E-state index contributed by atoms with van der Waals surface area (Å²) in [6, 6.07) is 8.02. The molecule has 2 aromatic rings. The molecular weight excluding hydrogens is 398 g/mol. The maximum absolute atomic E-state index is 12.7. The lowest BCUT2D eigenvalue weighted by Crippen LogP contribution is -2.16. The van der Waals surface area contributed by atoms with Crippen molar-refractivity contribution in [1.29, 1.82) is 0 Å². The Labute approximate surface area is 167 Å². The number of hydrogen-bond acceptors (Lipinski definition) is 6. The fourth-order valence-corrected chi connectivity index (χ4v) is 3.33. The zero-order valence-electron chi connectivity index (χ0n) is 15.8. The fourth-order valence-electron chi connectivity index (χ4n) is 2.65. The number of hydrogen-bond donors (Lipinski definition) is 2. The molecule has 0 aromatic heterocycles. The van der Waals surface area contributed by atoms with Gasteiger partial charge in [-0.2, -0.15) is 0 Å². The van der Waals surface area contributed by atoms with Crippen LogP contribution in [0.1, 0.15) is 28.8 Å². The molecule has 0 radical (unpaired) electrons. The Morgan fingerprint density at radius 2 is 1.79 bits per heavy atom. The van der Waals surface area contributed by atoms with Crippen LogP contribution < -0.4 is 10.6 Å². The van der Waals surface area contributed by atoms with Crippen LogP contribution in [0.2, 0.25) is 0 Å². The number of benzene rings is 2. The number of sulfone groups is 1. The number of aryl methyl sites for hydroxylation is 1. The van der Waals surface area contributed by atoms with E-state index in [2.05, 4.69) is 10.6 Å². The van der Waals surface area contributed by atoms with Gasteiger partial charge in [0, 0.05) is 41.2 Å². The van der Waals surface area contributed by atoms with Gasteiger partial charge in [0.05, 0.1) is 9.82 Å². The van der Waals surface area contributed by atoms with E-state index >= 15 is 0 Å². The molecule has 9 nitrogen and oxygen atoms in total. The third-order valence-corrected chi connectivity index (χ3v) is 5.59. The minimum atomic E-state index is -3.75. The second-order valence-corrected chi connectivity index (χ2v) is 9.01. The first kappa shape index (κ1) is 20.5. The van der Waals surface area contributed by atoms with Crippen LogP contribution in [-0.4, -0.2) is 31.4 Å². The van der Waals surface area contributed by atoms with Crippen LogP contribution in [0.25, 0.3) is 0 Å². The molecule has 1 aliphatic rings. The Kier molecular flexibility index (Phi) is 5.38. The predicted octanol–water partition coefficient (Wildman–Crippen LogP) is 2.91. The van der Waals surface area contributed by atoms with Gasteiger partial charge in [-0.1, -0.05) is 6.07 Å². The maximum atomic E-state index is 12.7. The molecule has 0 bridgehead atoms. The number of carbonyl (C=O) groups is 2. The van der Waals surface area contributed by atoms with Crippen LogP contribution in [0.5, 0.6) is 0 Å². The van der Waals surface area contributed by atoms with E-state index in [1.807, 2.05) is 0 Å². The molecule has 0 atom stereocenters. The zero-order chi connectivity index (χ0) is 21.3. The number of nitro groups is 1. The Bertz CT molecular complexity index is 1120. The zero-order valence-corrected chi connectivity index (χ0v) is 16.6. The van der Waals surface area contributed by atoms with Gasteiger partial charge >= 0.3 is 0 Å². The highest BCUT2D eigenvalue weighted by Crippen LogP contribution is 2.31. The van der Waals surface area contributed by atoms with Crippen LogP contribution in [-0.2, 0) is 14.6 Å². The average molecular weight is 417 g/mol. The van der Waals surface area contributed by atoms with E-state index in [0.29, 0.717) is 16.9 Å². The molecule has 1 saturated carbocycles. The molecule has 3 rings (SSSR count). The lowest BCUT2D eigenvalue weighted by atomic mass is 10.1. The number of nitro benzene ring substituents is 1. The highest BCUT2D eigenvalue weighted by molar-refractivity contribution is 7.90. The summed E-state index contributed by atoms with van der Waals surface area (Å²) in [5.41, 5.74) is 0.956. The van der Waals surface area contributed by atoms with Crippen molar-refractivity contribution in [2.75, 3.05) is 16.9 Å². The van der Waals surface area contributed by atoms with Gasteiger partial charge in [0.1, 0.15) is 0 Å². The average Bonchev–Trinajstić information content (AvgIpc) is 3.48. The normalized spacial score (nSPS) is 13.6. The lowest BCUT2D eigenvalue weighted by Gasteiger charge is -2.12. The lowest BCUT2D eigenvalue weighted by molar-refractivity contribution is -0.385. The van der Waals surface area contributed by atoms with E-state index in [9.17, 15) is 28.1 Å². The molecule has 2 aromatic carbocycles. The smallest absolute Gasteiger partial charge is 0.271 e. The number of non-ortho nitro benzene ring substituents is 1. The molecule has 0 aliphatic heterocycles. The van der Waals surface area contributed by atoms with Crippen LogP contribution >= 0.6 is 0 Å². The van der Waals surface area contributed by atoms with E-state index in [1.54, 1.807) is 25.1 Å². The molecule has 29 heavy (non-hydrogen) atoms. The first-order valence-corrected chi connectivity index (χ1v) is 10.7. The van der Waals surface area contributed by atoms with Crippen molar-refractivity contribution in [2.24, 2.45) is 5.92 Å². The number of nitrogens with one attached hydrogen (secondary N) is 2. The first-order valence-electron chi connectivity index (χ1n) is 8.77. The second-order valence-electron chi connectivity index (χ2n) is 6.99. The summed E-state index contributed by atoms with van der Waals surface area (Å²) in [5, 5.41) is 16.5. The third-order valence-electron chi connectivity index (χ3n) is 4.49. The number of carbonyl (C=O) groups excluding carboxylic acids is 2. The fraction of sp³-hybridized carbons (Fsp3) is 0.263. The van der Waals surface area contributed by atoms with Gasteiger partial charge in [0.25, 0.3) is 11.6 Å². The minimum Gasteiger partial charge on any atom is -0.326 e. The topological polar surface area (TPSA) is 135 Å². The van der Waals surface area contributed by atoms with E-state index in [0.717, 1.165) is 37.3 Å². The Morgan fingerprint density at radius 1 is 1.10 bits per heavy atom. The van der Waals surface area contributed by atoms with Crippen molar-refractivity contribution < 1.29 is 22.9 Å². The van der Waals surface area contributed by atoms with Gasteiger partial charge in [-0.3, -0.25) is 19.7 Å². The summed E-state index contributed by atoms with van der Waals surface area (Å²) in [7, 11) is -3.75. The summed E-state index contributed by atoms with van der Waals surface area (Å²) in [4.78, 5) is 34.6. The van der Waals surface area contributed by atoms with Crippen LogP contribution in [0.3, 0.4) is 0 Å². The van der Waals surface area contributed by atoms with E-state index in [1.165, 1.54) is 0 Å². The molecule has 152 valence electrons. The third kappa shape index (κ3) is 4.96. The standard InChI is InChI=1S/C19H19N3O6S/c1-11-3-6-14(20-18(23)12-4-5-12)9-17(11)21-19(24)13-7-15(22(25)26)10-16(8-13)29(2,27)28/h3,6-10,12H,4-5H2,1-2H3,(H,20,23)(H,21,24). The molecule has 0 spiro atoms. The van der Waals surface area contributed by atoms with Gasteiger partial charge in [-0.15, -0.1) is 0 Å². The number of rotatable bonds is 6. The van der Waals surface area contributed by atoms with Gasteiger partial charge < -0.3 is 10.6 Å². The van der Waals surface area contributed by atoms with Crippen LogP contribution in [0, 0.1) is 23.0 Å². The Hall–Kier alpha value is -3.27. The molecule has 1 aliphatic carbocycles. The van der Waals surface area contributed by atoms with Crippen LogP contribution in [0.15, 0.2) is 41.3 Å². The van der Waals surface area contributed by atoms with E-state index < -0.39 is 26.4 Å². The van der Waals surface area contributed by atoms with Crippen molar-refractivity contribution in [3.05, 3.63) is 57.6 Å². The second kappa shape index (κ2) is 7.63. The van der Waals surface area contributed by atoms with E-state index in [-0.39, 0.29) is 22.3 Å². The highest BCUT2D eigenvalue weighted by atomic mass is 32.2. The summed E-state index contributed by atoms with van der Waals surface area (Å²) < 4.78 is 23.6. The molecular formula is C19H19N3O6S. The van der Waals surface area contributed by atoms with Crippen molar-refractivity contribution in [3.63, 3.8) is 0 Å². The minimum absolute atomic E-state index is 0.0219. The van der Waals surface area contributed by atoms with Gasteiger partial charge in [-0.25, -0.2) is 8.42 Å². The maximum Gasteiger partial charge on any atom is 0.271 e. The summed E-state index contributed by atoms with van der Waals surface area (Å²) >= 11 is 0. The van der Waals surface area contributed by atoms with Gasteiger partial charge in [-0.05, 0) is 43.5 Å². The molecule has 2 amide bonds. The molecule has 2 N–H and O–H groups in total. The first-order chi connectivity index (χ1) is 13.5. The molecule has 0 saturated heterocycles. The van der Waals surface area contributed by atoms with Crippen molar-refractivity contribution in [1.82, 2.24) is 0 Å². The van der Waals surface area contributed by atoms with Crippen molar-refractivity contribution in [2.45, 2.75) is 24.7 Å². The SMILES string of the molecule is Cc1ccc(NC(=O)C2CC2)cc1NC(=O)c1cc([N+](=O)[O-])cc(S(C)(=O)=O)c1. The molecule has 1 fully saturated rings. The highest BCUT2D eigenvalue weighted by Gasteiger charge is 2.29. The molecule has 0 unspecified atom stereocenters. The monoisotopic (exact) mass is 417 g/mol. The van der Waals surface area contributed by atoms with E-state index in [4.69, 9.17) is 0 Å². The largest absolute Gasteiger partial charge is 0.326 e.